The molecule has 2 nitrogen and oxygen atoms in total. The number of hydrogen-bond donors (Lipinski definition) is 0. The Morgan fingerprint density at radius 3 is 1.16 bits per heavy atom. The second kappa shape index (κ2) is 15.6. The first-order valence-corrected chi connectivity index (χ1v) is 11.3. The number of unbranched alkanes of at least 4 members (excludes halogenated alkanes) is 14. The minimum absolute atomic E-state index is 0.329. The maximum absolute atomic E-state index is 5.86. The van der Waals surface area contributed by atoms with E-state index in [-0.39, 0.29) is 5.79 Å². The highest BCUT2D eigenvalue weighted by Gasteiger charge is 2.34. The molecule has 0 N–H and O–H groups in total. The van der Waals surface area contributed by atoms with Gasteiger partial charge in [-0.3, -0.25) is 0 Å². The summed E-state index contributed by atoms with van der Waals surface area (Å²) in [5, 5.41) is 0. The topological polar surface area (TPSA) is 18.5 Å². The van der Waals surface area contributed by atoms with Crippen molar-refractivity contribution in [3.8, 4) is 0 Å². The first-order valence-electron chi connectivity index (χ1n) is 11.3. The molecule has 2 heteroatoms. The Bertz CT molecular complexity index is 281. The van der Waals surface area contributed by atoms with Crippen LogP contribution in [0.5, 0.6) is 0 Å². The molecule has 1 heterocycles. The van der Waals surface area contributed by atoms with Crippen LogP contribution in [0.2, 0.25) is 0 Å². The van der Waals surface area contributed by atoms with Gasteiger partial charge in [0.25, 0.3) is 0 Å². The van der Waals surface area contributed by atoms with Crippen molar-refractivity contribution in [2.45, 2.75) is 135 Å². The van der Waals surface area contributed by atoms with E-state index in [1.807, 2.05) is 0 Å². The zero-order chi connectivity index (χ0) is 18.1. The Labute approximate surface area is 157 Å². The summed E-state index contributed by atoms with van der Waals surface area (Å²) in [6, 6.07) is 0. The molecule has 0 saturated heterocycles. The summed E-state index contributed by atoms with van der Waals surface area (Å²) in [5.41, 5.74) is 0. The Hall–Kier alpha value is -0.660. The molecule has 0 spiro atoms. The van der Waals surface area contributed by atoms with Crippen molar-refractivity contribution in [2.75, 3.05) is 0 Å². The van der Waals surface area contributed by atoms with E-state index < -0.39 is 0 Å². The van der Waals surface area contributed by atoms with Gasteiger partial charge >= 0.3 is 0 Å². The molecule has 1 aliphatic heterocycles. The van der Waals surface area contributed by atoms with Crippen LogP contribution in [0.4, 0.5) is 0 Å². The highest BCUT2D eigenvalue weighted by molar-refractivity contribution is 4.83. The summed E-state index contributed by atoms with van der Waals surface area (Å²) in [7, 11) is 0. The van der Waals surface area contributed by atoms with Crippen LogP contribution in [-0.2, 0) is 9.47 Å². The van der Waals surface area contributed by atoms with Gasteiger partial charge in [0.05, 0.1) is 0 Å². The average molecular weight is 353 g/mol. The van der Waals surface area contributed by atoms with E-state index in [1.54, 1.807) is 12.5 Å². The minimum Gasteiger partial charge on any atom is -0.457 e. The van der Waals surface area contributed by atoms with Gasteiger partial charge in [-0.2, -0.15) is 0 Å². The van der Waals surface area contributed by atoms with Gasteiger partial charge in [0, 0.05) is 12.8 Å². The summed E-state index contributed by atoms with van der Waals surface area (Å²) >= 11 is 0. The Kier molecular flexibility index (Phi) is 14.0. The molecule has 0 aliphatic carbocycles. The van der Waals surface area contributed by atoms with E-state index in [0.29, 0.717) is 0 Å². The molecule has 1 aliphatic rings. The zero-order valence-corrected chi connectivity index (χ0v) is 17.2. The van der Waals surface area contributed by atoms with Gasteiger partial charge in [0.2, 0.25) is 5.79 Å². The van der Waals surface area contributed by atoms with Gasteiger partial charge in [-0.1, -0.05) is 104 Å². The molecule has 0 aromatic rings. The highest BCUT2D eigenvalue weighted by atomic mass is 16.7. The third-order valence-electron chi connectivity index (χ3n) is 5.44. The molecular weight excluding hydrogens is 308 g/mol. The van der Waals surface area contributed by atoms with Crippen molar-refractivity contribution >= 4 is 0 Å². The molecule has 0 radical (unpaired) electrons. The SMILES string of the molecule is CCCCCCCCCCC1(CCCCCCCCCC)OC=CO1. The Balaban J connectivity index is 2.01. The molecule has 0 aromatic heterocycles. The molecule has 0 unspecified atom stereocenters. The van der Waals surface area contributed by atoms with E-state index in [1.165, 1.54) is 103 Å². The summed E-state index contributed by atoms with van der Waals surface area (Å²) < 4.78 is 11.7. The van der Waals surface area contributed by atoms with E-state index in [4.69, 9.17) is 9.47 Å². The van der Waals surface area contributed by atoms with Gasteiger partial charge in [0.1, 0.15) is 12.5 Å². The molecule has 148 valence electrons. The fourth-order valence-electron chi connectivity index (χ4n) is 3.75. The first kappa shape index (κ1) is 22.4. The van der Waals surface area contributed by atoms with Crippen LogP contribution in [0.25, 0.3) is 0 Å². The van der Waals surface area contributed by atoms with Crippen LogP contribution in [0.3, 0.4) is 0 Å². The average Bonchev–Trinajstić information content (AvgIpc) is 3.09. The van der Waals surface area contributed by atoms with Gasteiger partial charge in [-0.05, 0) is 12.8 Å². The van der Waals surface area contributed by atoms with Gasteiger partial charge in [-0.15, -0.1) is 0 Å². The van der Waals surface area contributed by atoms with Crippen LogP contribution in [-0.4, -0.2) is 5.79 Å². The van der Waals surface area contributed by atoms with E-state index in [2.05, 4.69) is 13.8 Å². The molecule has 0 atom stereocenters. The summed E-state index contributed by atoms with van der Waals surface area (Å²) in [6.45, 7) is 4.56. The standard InChI is InChI=1S/C23H44O2/c1-3-5-7-9-11-13-15-17-19-23(24-21-22-25-23)20-18-16-14-12-10-8-6-4-2/h21-22H,3-20H2,1-2H3. The molecule has 0 bridgehead atoms. The van der Waals surface area contributed by atoms with Gasteiger partial charge in [0.15, 0.2) is 0 Å². The van der Waals surface area contributed by atoms with Crippen molar-refractivity contribution in [2.24, 2.45) is 0 Å². The van der Waals surface area contributed by atoms with Crippen LogP contribution >= 0.6 is 0 Å². The van der Waals surface area contributed by atoms with Crippen LogP contribution < -0.4 is 0 Å². The maximum atomic E-state index is 5.86. The minimum atomic E-state index is -0.329. The smallest absolute Gasteiger partial charge is 0.249 e. The molecule has 0 amide bonds. The van der Waals surface area contributed by atoms with Crippen molar-refractivity contribution in [3.05, 3.63) is 12.5 Å². The van der Waals surface area contributed by atoms with E-state index in [9.17, 15) is 0 Å². The summed E-state index contributed by atoms with van der Waals surface area (Å²) in [6.07, 6.45) is 27.3. The fourth-order valence-corrected chi connectivity index (χ4v) is 3.75. The van der Waals surface area contributed by atoms with E-state index >= 15 is 0 Å². The van der Waals surface area contributed by atoms with Crippen LogP contribution in [0.1, 0.15) is 129 Å². The van der Waals surface area contributed by atoms with Crippen molar-refractivity contribution < 1.29 is 9.47 Å². The van der Waals surface area contributed by atoms with Crippen LogP contribution in [0.15, 0.2) is 12.5 Å². The highest BCUT2D eigenvalue weighted by Crippen LogP contribution is 2.32. The lowest BCUT2D eigenvalue weighted by Gasteiger charge is -2.28. The predicted molar refractivity (Wildman–Crippen MR) is 108 cm³/mol. The second-order valence-electron chi connectivity index (χ2n) is 7.87. The first-order chi connectivity index (χ1) is 12.3. The normalized spacial score (nSPS) is 15.3. The summed E-state index contributed by atoms with van der Waals surface area (Å²) in [5.74, 6) is -0.329. The van der Waals surface area contributed by atoms with Crippen LogP contribution in [0, 0.1) is 0 Å². The van der Waals surface area contributed by atoms with Gasteiger partial charge in [-0.25, -0.2) is 0 Å². The van der Waals surface area contributed by atoms with Crippen molar-refractivity contribution in [3.63, 3.8) is 0 Å². The predicted octanol–water partition coefficient (Wildman–Crippen LogP) is 8.26. The third kappa shape index (κ3) is 11.5. The molecule has 0 fully saturated rings. The molecule has 1 rings (SSSR count). The molecule has 0 saturated carbocycles. The zero-order valence-electron chi connectivity index (χ0n) is 17.2. The quantitative estimate of drug-likeness (QED) is 0.231. The largest absolute Gasteiger partial charge is 0.457 e. The number of ether oxygens (including phenoxy) is 2. The Morgan fingerprint density at radius 1 is 0.480 bits per heavy atom. The molecular formula is C23H44O2. The number of rotatable bonds is 18. The summed E-state index contributed by atoms with van der Waals surface area (Å²) in [4.78, 5) is 0. The lowest BCUT2D eigenvalue weighted by atomic mass is 9.98. The third-order valence-corrected chi connectivity index (χ3v) is 5.44. The van der Waals surface area contributed by atoms with Crippen molar-refractivity contribution in [1.82, 2.24) is 0 Å². The maximum Gasteiger partial charge on any atom is 0.249 e. The van der Waals surface area contributed by atoms with E-state index in [0.717, 1.165) is 12.8 Å². The lowest BCUT2D eigenvalue weighted by molar-refractivity contribution is -0.153. The monoisotopic (exact) mass is 352 g/mol. The molecule has 0 aromatic carbocycles. The second-order valence-corrected chi connectivity index (χ2v) is 7.87. The Morgan fingerprint density at radius 2 is 0.800 bits per heavy atom. The fraction of sp³-hybridized carbons (Fsp3) is 0.913. The van der Waals surface area contributed by atoms with Crippen molar-refractivity contribution in [1.29, 1.82) is 0 Å². The molecule has 25 heavy (non-hydrogen) atoms. The van der Waals surface area contributed by atoms with Gasteiger partial charge < -0.3 is 9.47 Å². The number of hydrogen-bond acceptors (Lipinski definition) is 2. The lowest BCUT2D eigenvalue weighted by Crippen LogP contribution is -2.29.